The Kier molecular flexibility index (Phi) is 5.54. The Morgan fingerprint density at radius 3 is 2.38 bits per heavy atom. The van der Waals surface area contributed by atoms with Gasteiger partial charge in [-0.25, -0.2) is 0 Å². The van der Waals surface area contributed by atoms with Crippen LogP contribution >= 0.6 is 11.8 Å². The second kappa shape index (κ2) is 7.19. The fourth-order valence-corrected chi connectivity index (χ4v) is 3.22. The fourth-order valence-electron chi connectivity index (χ4n) is 2.81. The van der Waals surface area contributed by atoms with Gasteiger partial charge in [-0.3, -0.25) is 0 Å². The van der Waals surface area contributed by atoms with Crippen molar-refractivity contribution in [3.63, 3.8) is 0 Å². The molecule has 1 unspecified atom stereocenters. The summed E-state index contributed by atoms with van der Waals surface area (Å²) in [6, 6.07) is 11.5. The highest BCUT2D eigenvalue weighted by molar-refractivity contribution is 7.98. The molecule has 21 heavy (non-hydrogen) atoms. The standard InChI is InChI=1S/C18H26N2S/c1-6-20-13(2)11-17(15(20)4)12-19-14(3)16-7-9-18(21-5)10-8-16/h7-11,14,19H,6,12H2,1-5H3. The van der Waals surface area contributed by atoms with E-state index in [0.29, 0.717) is 6.04 Å². The van der Waals surface area contributed by atoms with Crippen molar-refractivity contribution in [3.05, 3.63) is 52.8 Å². The van der Waals surface area contributed by atoms with E-state index in [0.717, 1.165) is 13.1 Å². The first kappa shape index (κ1) is 16.2. The van der Waals surface area contributed by atoms with E-state index in [-0.39, 0.29) is 0 Å². The molecule has 1 aromatic heterocycles. The van der Waals surface area contributed by atoms with Gasteiger partial charge in [-0.2, -0.15) is 0 Å². The zero-order valence-corrected chi connectivity index (χ0v) is 14.6. The van der Waals surface area contributed by atoms with E-state index in [9.17, 15) is 0 Å². The number of thioether (sulfide) groups is 1. The van der Waals surface area contributed by atoms with Crippen molar-refractivity contribution < 1.29 is 0 Å². The molecule has 0 bridgehead atoms. The summed E-state index contributed by atoms with van der Waals surface area (Å²) in [5, 5.41) is 3.64. The van der Waals surface area contributed by atoms with E-state index < -0.39 is 0 Å². The van der Waals surface area contributed by atoms with E-state index in [1.165, 1.54) is 27.4 Å². The van der Waals surface area contributed by atoms with Crippen LogP contribution in [0.2, 0.25) is 0 Å². The molecule has 3 heteroatoms. The lowest BCUT2D eigenvalue weighted by Crippen LogP contribution is -2.18. The van der Waals surface area contributed by atoms with Gasteiger partial charge in [0.05, 0.1) is 0 Å². The number of rotatable bonds is 6. The van der Waals surface area contributed by atoms with E-state index in [1.54, 1.807) is 11.8 Å². The number of nitrogens with one attached hydrogen (secondary N) is 1. The van der Waals surface area contributed by atoms with Gasteiger partial charge < -0.3 is 9.88 Å². The minimum Gasteiger partial charge on any atom is -0.349 e. The predicted octanol–water partition coefficient (Wildman–Crippen LogP) is 4.70. The summed E-state index contributed by atoms with van der Waals surface area (Å²) in [6.45, 7) is 10.8. The molecule has 0 spiro atoms. The summed E-state index contributed by atoms with van der Waals surface area (Å²) in [5.74, 6) is 0. The Balaban J connectivity index is 2.01. The molecule has 0 amide bonds. The third-order valence-electron chi connectivity index (χ3n) is 4.21. The third-order valence-corrected chi connectivity index (χ3v) is 4.95. The van der Waals surface area contributed by atoms with E-state index in [2.05, 4.69) is 74.2 Å². The topological polar surface area (TPSA) is 17.0 Å². The number of aromatic nitrogens is 1. The molecule has 1 atom stereocenters. The van der Waals surface area contributed by atoms with Crippen LogP contribution in [0.25, 0.3) is 0 Å². The molecule has 114 valence electrons. The molecule has 0 aliphatic heterocycles. The van der Waals surface area contributed by atoms with Gasteiger partial charge >= 0.3 is 0 Å². The number of benzene rings is 1. The predicted molar refractivity (Wildman–Crippen MR) is 93.1 cm³/mol. The smallest absolute Gasteiger partial charge is 0.0294 e. The van der Waals surface area contributed by atoms with Gasteiger partial charge in [0.15, 0.2) is 0 Å². The Morgan fingerprint density at radius 1 is 1.19 bits per heavy atom. The largest absolute Gasteiger partial charge is 0.349 e. The van der Waals surface area contributed by atoms with Crippen molar-refractivity contribution in [2.75, 3.05) is 6.26 Å². The van der Waals surface area contributed by atoms with Crippen LogP contribution in [0.15, 0.2) is 35.2 Å². The average Bonchev–Trinajstić information content (AvgIpc) is 2.78. The molecule has 0 saturated heterocycles. The molecule has 1 aromatic carbocycles. The number of aryl methyl sites for hydroxylation is 1. The van der Waals surface area contributed by atoms with Crippen molar-refractivity contribution in [1.82, 2.24) is 9.88 Å². The summed E-state index contributed by atoms with van der Waals surface area (Å²) < 4.78 is 2.37. The van der Waals surface area contributed by atoms with Crippen LogP contribution in [-0.2, 0) is 13.1 Å². The van der Waals surface area contributed by atoms with Crippen LogP contribution in [0.1, 0.15) is 42.4 Å². The summed E-state index contributed by atoms with van der Waals surface area (Å²) in [7, 11) is 0. The van der Waals surface area contributed by atoms with Gasteiger partial charge in [0, 0.05) is 35.4 Å². The molecule has 2 rings (SSSR count). The Labute approximate surface area is 133 Å². The highest BCUT2D eigenvalue weighted by Crippen LogP contribution is 2.20. The fraction of sp³-hybridized carbons (Fsp3) is 0.444. The van der Waals surface area contributed by atoms with Gasteiger partial charge in [-0.05, 0) is 63.3 Å². The van der Waals surface area contributed by atoms with E-state index >= 15 is 0 Å². The maximum absolute atomic E-state index is 3.64. The maximum Gasteiger partial charge on any atom is 0.0294 e. The highest BCUT2D eigenvalue weighted by atomic mass is 32.2. The highest BCUT2D eigenvalue weighted by Gasteiger charge is 2.10. The Bertz CT molecular complexity index is 584. The third kappa shape index (κ3) is 3.72. The molecule has 0 aliphatic rings. The first-order valence-electron chi connectivity index (χ1n) is 7.59. The van der Waals surface area contributed by atoms with Crippen molar-refractivity contribution in [3.8, 4) is 0 Å². The second-order valence-corrected chi connectivity index (χ2v) is 6.40. The van der Waals surface area contributed by atoms with Gasteiger partial charge in [-0.15, -0.1) is 11.8 Å². The average molecular weight is 302 g/mol. The molecule has 0 fully saturated rings. The van der Waals surface area contributed by atoms with Gasteiger partial charge in [0.1, 0.15) is 0 Å². The molecular formula is C18H26N2S. The van der Waals surface area contributed by atoms with Crippen LogP contribution in [0.4, 0.5) is 0 Å². The minimum atomic E-state index is 0.366. The summed E-state index contributed by atoms with van der Waals surface area (Å²) >= 11 is 1.79. The summed E-state index contributed by atoms with van der Waals surface area (Å²) in [6.07, 6.45) is 2.11. The molecule has 2 aromatic rings. The number of hydrogen-bond donors (Lipinski definition) is 1. The summed E-state index contributed by atoms with van der Waals surface area (Å²) in [5.41, 5.74) is 5.48. The zero-order chi connectivity index (χ0) is 15.4. The molecular weight excluding hydrogens is 276 g/mol. The van der Waals surface area contributed by atoms with Crippen LogP contribution < -0.4 is 5.32 Å². The first-order chi connectivity index (χ1) is 10.1. The van der Waals surface area contributed by atoms with Crippen molar-refractivity contribution in [2.45, 2.75) is 51.7 Å². The molecule has 0 radical (unpaired) electrons. The van der Waals surface area contributed by atoms with Gasteiger partial charge in [-0.1, -0.05) is 12.1 Å². The van der Waals surface area contributed by atoms with Crippen LogP contribution in [0.5, 0.6) is 0 Å². The zero-order valence-electron chi connectivity index (χ0n) is 13.7. The van der Waals surface area contributed by atoms with Gasteiger partial charge in [0.2, 0.25) is 0 Å². The summed E-state index contributed by atoms with van der Waals surface area (Å²) in [4.78, 5) is 1.32. The molecule has 0 saturated carbocycles. The van der Waals surface area contributed by atoms with Crippen LogP contribution in [0, 0.1) is 13.8 Å². The quantitative estimate of drug-likeness (QED) is 0.779. The minimum absolute atomic E-state index is 0.366. The molecule has 1 N–H and O–H groups in total. The first-order valence-corrected chi connectivity index (χ1v) is 8.82. The van der Waals surface area contributed by atoms with Gasteiger partial charge in [0.25, 0.3) is 0 Å². The van der Waals surface area contributed by atoms with E-state index in [4.69, 9.17) is 0 Å². The van der Waals surface area contributed by atoms with Crippen molar-refractivity contribution in [1.29, 1.82) is 0 Å². The molecule has 2 nitrogen and oxygen atoms in total. The molecule has 1 heterocycles. The van der Waals surface area contributed by atoms with Crippen molar-refractivity contribution in [2.24, 2.45) is 0 Å². The Hall–Kier alpha value is -1.19. The van der Waals surface area contributed by atoms with E-state index in [1.807, 2.05) is 0 Å². The molecule has 0 aliphatic carbocycles. The van der Waals surface area contributed by atoms with Crippen LogP contribution in [0.3, 0.4) is 0 Å². The number of hydrogen-bond acceptors (Lipinski definition) is 2. The second-order valence-electron chi connectivity index (χ2n) is 5.52. The number of nitrogens with zero attached hydrogens (tertiary/aromatic N) is 1. The van der Waals surface area contributed by atoms with Crippen LogP contribution in [-0.4, -0.2) is 10.8 Å². The monoisotopic (exact) mass is 302 g/mol. The van der Waals surface area contributed by atoms with Crippen molar-refractivity contribution >= 4 is 11.8 Å². The lowest BCUT2D eigenvalue weighted by Gasteiger charge is -2.15. The normalized spacial score (nSPS) is 12.6. The maximum atomic E-state index is 3.64. The lowest BCUT2D eigenvalue weighted by molar-refractivity contribution is 0.571. The SMILES string of the molecule is CCn1c(C)cc(CNC(C)c2ccc(SC)cc2)c1C. The Morgan fingerprint density at radius 2 is 1.86 bits per heavy atom. The lowest BCUT2D eigenvalue weighted by atomic mass is 10.1.